The van der Waals surface area contributed by atoms with Crippen molar-refractivity contribution < 1.29 is 4.74 Å². The molecule has 0 amide bonds. The third-order valence-corrected chi connectivity index (χ3v) is 3.58. The second-order valence-electron chi connectivity index (χ2n) is 4.49. The van der Waals surface area contributed by atoms with Crippen LogP contribution in [-0.2, 0) is 6.42 Å². The smallest absolute Gasteiger partial charge is 0.123 e. The maximum absolute atomic E-state index is 8.53. The molecular weight excluding hydrogens is 330 g/mol. The van der Waals surface area contributed by atoms with Gasteiger partial charge in [0.25, 0.3) is 0 Å². The number of hydrogen-bond donors (Lipinski definition) is 1. The zero-order chi connectivity index (χ0) is 15.1. The zero-order valence-corrected chi connectivity index (χ0v) is 13.4. The van der Waals surface area contributed by atoms with E-state index >= 15 is 0 Å². The Morgan fingerprint density at radius 1 is 1.38 bits per heavy atom. The first-order chi connectivity index (χ1) is 10.2. The van der Waals surface area contributed by atoms with E-state index in [4.69, 9.17) is 10.00 Å². The minimum Gasteiger partial charge on any atom is -0.493 e. The number of benzene rings is 1. The number of ether oxygens (including phenoxy) is 1. The van der Waals surface area contributed by atoms with Crippen molar-refractivity contribution >= 4 is 21.6 Å². The molecule has 0 atom stereocenters. The van der Waals surface area contributed by atoms with Gasteiger partial charge < -0.3 is 10.1 Å². The average molecular weight is 346 g/mol. The summed E-state index contributed by atoms with van der Waals surface area (Å²) in [6.07, 6.45) is 5.52. The van der Waals surface area contributed by atoms with Crippen LogP contribution in [-0.4, -0.2) is 18.6 Å². The number of aromatic nitrogens is 1. The van der Waals surface area contributed by atoms with Gasteiger partial charge in [-0.1, -0.05) is 22.0 Å². The van der Waals surface area contributed by atoms with E-state index in [1.807, 2.05) is 12.1 Å². The van der Waals surface area contributed by atoms with Crippen molar-refractivity contribution in [2.45, 2.75) is 12.8 Å². The normalized spacial score (nSPS) is 12.0. The van der Waals surface area contributed by atoms with Crippen LogP contribution < -0.4 is 10.1 Å². The van der Waals surface area contributed by atoms with Crippen molar-refractivity contribution in [1.29, 1.82) is 5.26 Å². The SMILES string of the molecule is Brc1ccc2c(c1)OCCC2.CNc1cnccc1C#N. The predicted octanol–water partition coefficient (Wildman–Crippen LogP) is 3.77. The highest BCUT2D eigenvalue weighted by Crippen LogP contribution is 2.27. The molecule has 0 saturated carbocycles. The molecule has 3 rings (SSSR count). The maximum atomic E-state index is 8.53. The summed E-state index contributed by atoms with van der Waals surface area (Å²) in [7, 11) is 1.76. The number of anilines is 1. The number of nitriles is 1. The van der Waals surface area contributed by atoms with Crippen molar-refractivity contribution in [3.8, 4) is 11.8 Å². The van der Waals surface area contributed by atoms with Crippen molar-refractivity contribution in [2.24, 2.45) is 0 Å². The van der Waals surface area contributed by atoms with E-state index in [-0.39, 0.29) is 0 Å². The van der Waals surface area contributed by atoms with Crippen molar-refractivity contribution in [3.63, 3.8) is 0 Å². The van der Waals surface area contributed by atoms with Gasteiger partial charge in [-0.05, 0) is 36.6 Å². The lowest BCUT2D eigenvalue weighted by molar-refractivity contribution is 0.288. The van der Waals surface area contributed by atoms with Gasteiger partial charge in [-0.15, -0.1) is 0 Å². The second kappa shape index (κ2) is 7.65. The Balaban J connectivity index is 0.000000155. The Morgan fingerprint density at radius 2 is 2.24 bits per heavy atom. The predicted molar refractivity (Wildman–Crippen MR) is 86.5 cm³/mol. The van der Waals surface area contributed by atoms with Crippen LogP contribution in [0.4, 0.5) is 5.69 Å². The minimum absolute atomic E-state index is 0.623. The van der Waals surface area contributed by atoms with Gasteiger partial charge in [0.15, 0.2) is 0 Å². The molecule has 1 aliphatic rings. The molecule has 2 heterocycles. The summed E-state index contributed by atoms with van der Waals surface area (Å²) in [6, 6.07) is 9.94. The fourth-order valence-electron chi connectivity index (χ4n) is 2.01. The Hall–Kier alpha value is -2.06. The summed E-state index contributed by atoms with van der Waals surface area (Å²) in [5, 5.41) is 11.4. The molecule has 0 bridgehead atoms. The molecule has 21 heavy (non-hydrogen) atoms. The summed E-state index contributed by atoms with van der Waals surface area (Å²) in [5.74, 6) is 1.05. The van der Waals surface area contributed by atoms with Crippen LogP contribution in [0.5, 0.6) is 5.75 Å². The molecular formula is C16H16BrN3O. The van der Waals surface area contributed by atoms with Crippen LogP contribution in [0.25, 0.3) is 0 Å². The van der Waals surface area contributed by atoms with Crippen LogP contribution in [0.1, 0.15) is 17.5 Å². The topological polar surface area (TPSA) is 57.9 Å². The van der Waals surface area contributed by atoms with Crippen LogP contribution in [0.2, 0.25) is 0 Å². The molecule has 0 fully saturated rings. The van der Waals surface area contributed by atoms with Gasteiger partial charge in [-0.2, -0.15) is 5.26 Å². The third-order valence-electron chi connectivity index (χ3n) is 3.09. The van der Waals surface area contributed by atoms with Gasteiger partial charge >= 0.3 is 0 Å². The Labute approximate surface area is 132 Å². The number of nitrogens with one attached hydrogen (secondary N) is 1. The molecule has 4 nitrogen and oxygen atoms in total. The van der Waals surface area contributed by atoms with Crippen molar-refractivity contribution in [1.82, 2.24) is 4.98 Å². The van der Waals surface area contributed by atoms with Crippen LogP contribution in [0.15, 0.2) is 41.1 Å². The molecule has 0 saturated heterocycles. The first kappa shape index (κ1) is 15.3. The minimum atomic E-state index is 0.623. The quantitative estimate of drug-likeness (QED) is 0.854. The molecule has 0 aliphatic carbocycles. The zero-order valence-electron chi connectivity index (χ0n) is 11.8. The van der Waals surface area contributed by atoms with Crippen LogP contribution >= 0.6 is 15.9 Å². The van der Waals surface area contributed by atoms with Gasteiger partial charge in [0, 0.05) is 17.7 Å². The molecule has 1 aromatic carbocycles. The number of nitrogens with zero attached hydrogens (tertiary/aromatic N) is 2. The number of fused-ring (bicyclic) bond motifs is 1. The van der Waals surface area contributed by atoms with E-state index < -0.39 is 0 Å². The summed E-state index contributed by atoms with van der Waals surface area (Å²) >= 11 is 3.41. The van der Waals surface area contributed by atoms with E-state index in [1.54, 1.807) is 25.5 Å². The molecule has 5 heteroatoms. The maximum Gasteiger partial charge on any atom is 0.123 e. The highest BCUT2D eigenvalue weighted by molar-refractivity contribution is 9.10. The first-order valence-corrected chi connectivity index (χ1v) is 7.47. The van der Waals surface area contributed by atoms with Gasteiger partial charge in [-0.3, -0.25) is 4.98 Å². The van der Waals surface area contributed by atoms with Gasteiger partial charge in [0.05, 0.1) is 24.1 Å². The largest absolute Gasteiger partial charge is 0.493 e. The van der Waals surface area contributed by atoms with Crippen LogP contribution in [0.3, 0.4) is 0 Å². The molecule has 1 aliphatic heterocycles. The van der Waals surface area contributed by atoms with Gasteiger partial charge in [0.2, 0.25) is 0 Å². The second-order valence-corrected chi connectivity index (χ2v) is 5.40. The molecule has 2 aromatic rings. The van der Waals surface area contributed by atoms with Crippen molar-refractivity contribution in [2.75, 3.05) is 19.0 Å². The number of aryl methyl sites for hydroxylation is 1. The third kappa shape index (κ3) is 4.20. The van der Waals surface area contributed by atoms with Gasteiger partial charge in [0.1, 0.15) is 11.8 Å². The highest BCUT2D eigenvalue weighted by atomic mass is 79.9. The van der Waals surface area contributed by atoms with Crippen molar-refractivity contribution in [3.05, 3.63) is 52.3 Å². The standard InChI is InChI=1S/C9H9BrO.C7H7N3/c10-8-4-3-7-2-1-5-11-9(7)6-8;1-9-7-5-10-3-2-6(7)4-8/h3-4,6H,1-2,5H2;2-3,5,9H,1H3. The molecule has 0 unspecified atom stereocenters. The van der Waals surface area contributed by atoms with Crippen LogP contribution in [0, 0.1) is 11.3 Å². The summed E-state index contributed by atoms with van der Waals surface area (Å²) in [4.78, 5) is 3.85. The molecule has 0 spiro atoms. The lowest BCUT2D eigenvalue weighted by Crippen LogP contribution is -2.07. The number of pyridine rings is 1. The average Bonchev–Trinajstić information content (AvgIpc) is 2.55. The fraction of sp³-hybridized carbons (Fsp3) is 0.250. The van der Waals surface area contributed by atoms with E-state index in [2.05, 4.69) is 38.4 Å². The van der Waals surface area contributed by atoms with E-state index in [9.17, 15) is 0 Å². The fourth-order valence-corrected chi connectivity index (χ4v) is 2.35. The van der Waals surface area contributed by atoms with E-state index in [1.165, 1.54) is 5.56 Å². The molecule has 0 radical (unpaired) electrons. The van der Waals surface area contributed by atoms with E-state index in [0.29, 0.717) is 5.56 Å². The lowest BCUT2D eigenvalue weighted by atomic mass is 10.1. The Bertz CT molecular complexity index is 652. The molecule has 108 valence electrons. The summed E-state index contributed by atoms with van der Waals surface area (Å²) in [5.41, 5.74) is 2.72. The molecule has 1 N–H and O–H groups in total. The summed E-state index contributed by atoms with van der Waals surface area (Å²) in [6.45, 7) is 0.865. The monoisotopic (exact) mass is 345 g/mol. The lowest BCUT2D eigenvalue weighted by Gasteiger charge is -2.16. The number of hydrogen-bond acceptors (Lipinski definition) is 4. The number of halogens is 1. The molecule has 1 aromatic heterocycles. The highest BCUT2D eigenvalue weighted by Gasteiger charge is 2.08. The summed E-state index contributed by atoms with van der Waals surface area (Å²) < 4.78 is 6.57. The van der Waals surface area contributed by atoms with Gasteiger partial charge in [-0.25, -0.2) is 0 Å². The Kier molecular flexibility index (Phi) is 5.59. The van der Waals surface area contributed by atoms with E-state index in [0.717, 1.165) is 35.4 Å². The first-order valence-electron chi connectivity index (χ1n) is 6.67. The number of rotatable bonds is 1. The Morgan fingerprint density at radius 3 is 2.95 bits per heavy atom.